The van der Waals surface area contributed by atoms with Crippen molar-refractivity contribution in [2.75, 3.05) is 27.7 Å². The van der Waals surface area contributed by atoms with Crippen molar-refractivity contribution in [3.63, 3.8) is 0 Å². The Morgan fingerprint density at radius 1 is 1.15 bits per heavy atom. The molecule has 3 nitrogen and oxygen atoms in total. The van der Waals surface area contributed by atoms with E-state index in [1.807, 2.05) is 6.07 Å². The van der Waals surface area contributed by atoms with Gasteiger partial charge in [-0.1, -0.05) is 42.0 Å². The smallest absolute Gasteiger partial charge is 0.119 e. The van der Waals surface area contributed by atoms with Crippen LogP contribution >= 0.6 is 0 Å². The molecule has 0 heterocycles. The van der Waals surface area contributed by atoms with Crippen LogP contribution in [-0.2, 0) is 12.0 Å². The van der Waals surface area contributed by atoms with E-state index in [2.05, 4.69) is 68.4 Å². The second-order valence-corrected chi connectivity index (χ2v) is 8.45. The van der Waals surface area contributed by atoms with Crippen molar-refractivity contribution in [1.29, 1.82) is 0 Å². The minimum Gasteiger partial charge on any atom is -0.497 e. The molecule has 3 rings (SSSR count). The largest absolute Gasteiger partial charge is 0.497 e. The highest BCUT2D eigenvalue weighted by atomic mass is 16.5. The Morgan fingerprint density at radius 2 is 1.89 bits per heavy atom. The molecule has 0 aliphatic heterocycles. The molecule has 0 saturated heterocycles. The van der Waals surface area contributed by atoms with Gasteiger partial charge in [0.1, 0.15) is 5.75 Å². The molecule has 146 valence electrons. The van der Waals surface area contributed by atoms with Crippen LogP contribution in [0.25, 0.3) is 0 Å². The number of aryl methyl sites for hydroxylation is 1. The van der Waals surface area contributed by atoms with Crippen LogP contribution in [0.1, 0.15) is 36.0 Å². The SMILES string of the molecule is COc1cccc(CC2CCC(O)(c3ccc(C)cc3)C(CN(C)C)C2)c1. The normalized spacial score (nSPS) is 25.6. The van der Waals surface area contributed by atoms with Crippen molar-refractivity contribution in [3.8, 4) is 5.75 Å². The summed E-state index contributed by atoms with van der Waals surface area (Å²) in [5.41, 5.74) is 2.89. The zero-order valence-electron chi connectivity index (χ0n) is 17.1. The Bertz CT molecular complexity index is 740. The van der Waals surface area contributed by atoms with Crippen molar-refractivity contribution in [2.45, 2.75) is 38.2 Å². The van der Waals surface area contributed by atoms with Crippen LogP contribution < -0.4 is 4.74 Å². The maximum Gasteiger partial charge on any atom is 0.119 e. The zero-order valence-corrected chi connectivity index (χ0v) is 17.1. The lowest BCUT2D eigenvalue weighted by Crippen LogP contribution is -2.45. The summed E-state index contributed by atoms with van der Waals surface area (Å²) in [6.07, 6.45) is 3.96. The van der Waals surface area contributed by atoms with Gasteiger partial charge in [-0.05, 0) is 75.9 Å². The van der Waals surface area contributed by atoms with E-state index in [1.54, 1.807) is 7.11 Å². The fraction of sp³-hybridized carbons (Fsp3) is 0.500. The summed E-state index contributed by atoms with van der Waals surface area (Å²) in [6.45, 7) is 3.00. The van der Waals surface area contributed by atoms with E-state index in [0.717, 1.165) is 43.5 Å². The summed E-state index contributed by atoms with van der Waals surface area (Å²) >= 11 is 0. The van der Waals surface area contributed by atoms with Gasteiger partial charge in [-0.25, -0.2) is 0 Å². The molecule has 1 aliphatic rings. The van der Waals surface area contributed by atoms with Crippen LogP contribution in [0.15, 0.2) is 48.5 Å². The number of methoxy groups -OCH3 is 1. The van der Waals surface area contributed by atoms with Crippen LogP contribution in [0.4, 0.5) is 0 Å². The first-order chi connectivity index (χ1) is 12.9. The molecule has 27 heavy (non-hydrogen) atoms. The highest BCUT2D eigenvalue weighted by Crippen LogP contribution is 2.45. The molecule has 3 heteroatoms. The van der Waals surface area contributed by atoms with Gasteiger partial charge in [0.25, 0.3) is 0 Å². The summed E-state index contributed by atoms with van der Waals surface area (Å²) in [4.78, 5) is 2.21. The van der Waals surface area contributed by atoms with E-state index >= 15 is 0 Å². The first-order valence-corrected chi connectivity index (χ1v) is 9.98. The Balaban J connectivity index is 1.78. The third kappa shape index (κ3) is 4.72. The molecule has 0 bridgehead atoms. The predicted molar refractivity (Wildman–Crippen MR) is 111 cm³/mol. The number of ether oxygens (including phenoxy) is 1. The summed E-state index contributed by atoms with van der Waals surface area (Å²) < 4.78 is 5.37. The summed E-state index contributed by atoms with van der Waals surface area (Å²) in [5, 5.41) is 11.7. The first kappa shape index (κ1) is 19.9. The minimum atomic E-state index is -0.733. The molecular weight excluding hydrogens is 334 g/mol. The van der Waals surface area contributed by atoms with Gasteiger partial charge in [0.15, 0.2) is 0 Å². The van der Waals surface area contributed by atoms with Crippen molar-refractivity contribution in [2.24, 2.45) is 11.8 Å². The average molecular weight is 368 g/mol. The minimum absolute atomic E-state index is 0.236. The van der Waals surface area contributed by atoms with Crippen LogP contribution in [0.3, 0.4) is 0 Å². The molecule has 1 N–H and O–H groups in total. The fourth-order valence-electron chi connectivity index (χ4n) is 4.55. The lowest BCUT2D eigenvalue weighted by atomic mass is 9.66. The zero-order chi connectivity index (χ0) is 19.4. The highest BCUT2D eigenvalue weighted by molar-refractivity contribution is 5.30. The lowest BCUT2D eigenvalue weighted by Gasteiger charge is -2.44. The number of rotatable bonds is 6. The topological polar surface area (TPSA) is 32.7 Å². The number of benzene rings is 2. The molecule has 0 amide bonds. The standard InChI is InChI=1S/C24H33NO2/c1-18-8-10-21(11-9-18)24(26)13-12-20(15-22(24)17-25(2)3)14-19-6-5-7-23(16-19)27-4/h5-11,16,20,22,26H,12-15,17H2,1-4H3. The lowest BCUT2D eigenvalue weighted by molar-refractivity contribution is -0.0752. The molecule has 1 fully saturated rings. The predicted octanol–water partition coefficient (Wildman–Crippen LogP) is 4.41. The van der Waals surface area contributed by atoms with Crippen molar-refractivity contribution in [3.05, 3.63) is 65.2 Å². The molecule has 0 aromatic heterocycles. The number of hydrogen-bond acceptors (Lipinski definition) is 3. The van der Waals surface area contributed by atoms with E-state index in [1.165, 1.54) is 11.1 Å². The summed E-state index contributed by atoms with van der Waals surface area (Å²) in [6, 6.07) is 16.8. The average Bonchev–Trinajstić information content (AvgIpc) is 2.65. The third-order valence-corrected chi connectivity index (χ3v) is 6.02. The van der Waals surface area contributed by atoms with Gasteiger partial charge in [-0.2, -0.15) is 0 Å². The van der Waals surface area contributed by atoms with E-state index in [9.17, 15) is 5.11 Å². The van der Waals surface area contributed by atoms with Gasteiger partial charge in [-0.3, -0.25) is 0 Å². The Morgan fingerprint density at radius 3 is 2.56 bits per heavy atom. The molecule has 3 atom stereocenters. The quantitative estimate of drug-likeness (QED) is 0.821. The van der Waals surface area contributed by atoms with Gasteiger partial charge in [0.2, 0.25) is 0 Å². The van der Waals surface area contributed by atoms with Gasteiger partial charge in [-0.15, -0.1) is 0 Å². The monoisotopic (exact) mass is 367 g/mol. The van der Waals surface area contributed by atoms with E-state index in [0.29, 0.717) is 5.92 Å². The van der Waals surface area contributed by atoms with Crippen molar-refractivity contribution < 1.29 is 9.84 Å². The number of hydrogen-bond donors (Lipinski definition) is 1. The molecule has 3 unspecified atom stereocenters. The van der Waals surface area contributed by atoms with Gasteiger partial charge >= 0.3 is 0 Å². The fourth-order valence-corrected chi connectivity index (χ4v) is 4.55. The molecule has 2 aromatic carbocycles. The van der Waals surface area contributed by atoms with Crippen LogP contribution in [0, 0.1) is 18.8 Å². The van der Waals surface area contributed by atoms with E-state index in [-0.39, 0.29) is 5.92 Å². The third-order valence-electron chi connectivity index (χ3n) is 6.02. The van der Waals surface area contributed by atoms with E-state index in [4.69, 9.17) is 4.74 Å². The number of aliphatic hydroxyl groups is 1. The Labute approximate surface area is 164 Å². The highest BCUT2D eigenvalue weighted by Gasteiger charge is 2.43. The molecule has 0 spiro atoms. The molecule has 0 radical (unpaired) electrons. The van der Waals surface area contributed by atoms with Crippen molar-refractivity contribution >= 4 is 0 Å². The Kier molecular flexibility index (Phi) is 6.23. The van der Waals surface area contributed by atoms with Gasteiger partial charge in [0, 0.05) is 12.5 Å². The van der Waals surface area contributed by atoms with Gasteiger partial charge in [0.05, 0.1) is 12.7 Å². The molecular formula is C24H33NO2. The maximum absolute atomic E-state index is 11.7. The molecule has 1 aliphatic carbocycles. The second kappa shape index (κ2) is 8.45. The Hall–Kier alpha value is -1.84. The molecule has 2 aromatic rings. The van der Waals surface area contributed by atoms with Crippen LogP contribution in [0.2, 0.25) is 0 Å². The number of nitrogens with zero attached hydrogens (tertiary/aromatic N) is 1. The van der Waals surface area contributed by atoms with Crippen LogP contribution in [0.5, 0.6) is 5.75 Å². The first-order valence-electron chi connectivity index (χ1n) is 9.98. The second-order valence-electron chi connectivity index (χ2n) is 8.45. The summed E-state index contributed by atoms with van der Waals surface area (Å²) in [5.74, 6) is 1.75. The van der Waals surface area contributed by atoms with Gasteiger partial charge < -0.3 is 14.7 Å². The van der Waals surface area contributed by atoms with Crippen molar-refractivity contribution in [1.82, 2.24) is 4.90 Å². The van der Waals surface area contributed by atoms with Crippen LogP contribution in [-0.4, -0.2) is 37.8 Å². The van der Waals surface area contributed by atoms with E-state index < -0.39 is 5.60 Å². The maximum atomic E-state index is 11.7. The summed E-state index contributed by atoms with van der Waals surface area (Å²) in [7, 11) is 5.91. The molecule has 1 saturated carbocycles.